The van der Waals surface area contributed by atoms with E-state index in [2.05, 4.69) is 22.9 Å². The Bertz CT molecular complexity index is 256. The van der Waals surface area contributed by atoms with E-state index in [9.17, 15) is 9.59 Å². The maximum atomic E-state index is 11.6. The van der Waals surface area contributed by atoms with Crippen LogP contribution in [0, 0.1) is 0 Å². The lowest BCUT2D eigenvalue weighted by Crippen LogP contribution is -2.24. The zero-order valence-electron chi connectivity index (χ0n) is 12.0. The van der Waals surface area contributed by atoms with Crippen molar-refractivity contribution in [1.82, 2.24) is 0 Å². The van der Waals surface area contributed by atoms with Crippen molar-refractivity contribution >= 4 is 27.9 Å². The van der Waals surface area contributed by atoms with Crippen LogP contribution in [0.15, 0.2) is 0 Å². The van der Waals surface area contributed by atoms with Crippen molar-refractivity contribution in [3.05, 3.63) is 0 Å². The van der Waals surface area contributed by atoms with E-state index in [0.717, 1.165) is 32.1 Å². The van der Waals surface area contributed by atoms with Crippen molar-refractivity contribution in [3.63, 3.8) is 0 Å². The molecule has 0 aromatic heterocycles. The van der Waals surface area contributed by atoms with Crippen molar-refractivity contribution in [2.75, 3.05) is 11.9 Å². The Labute approximate surface area is 124 Å². The molecule has 0 saturated heterocycles. The molecule has 0 N–H and O–H groups in total. The van der Waals surface area contributed by atoms with Gasteiger partial charge in [-0.25, -0.2) is 0 Å². The van der Waals surface area contributed by atoms with Gasteiger partial charge in [-0.05, 0) is 12.8 Å². The zero-order valence-corrected chi connectivity index (χ0v) is 13.5. The molecule has 0 bridgehead atoms. The first-order chi connectivity index (χ1) is 9.13. The number of alkyl halides is 1. The lowest BCUT2D eigenvalue weighted by Gasteiger charge is -2.14. The molecular weight excluding hydrogens is 312 g/mol. The van der Waals surface area contributed by atoms with Crippen LogP contribution in [0.2, 0.25) is 0 Å². The number of ether oxygens (including phenoxy) is 2. The number of carbonyl (C=O) groups is 2. The van der Waals surface area contributed by atoms with Crippen LogP contribution < -0.4 is 0 Å². The van der Waals surface area contributed by atoms with Gasteiger partial charge in [0.2, 0.25) is 0 Å². The summed E-state index contributed by atoms with van der Waals surface area (Å²) >= 11 is 3.24. The smallest absolute Gasteiger partial charge is 0.309 e. The van der Waals surface area contributed by atoms with Crippen LogP contribution in [0.25, 0.3) is 0 Å². The summed E-state index contributed by atoms with van der Waals surface area (Å²) in [6.45, 7) is 4.50. The van der Waals surface area contributed by atoms with Gasteiger partial charge in [0.05, 0.1) is 13.0 Å². The minimum absolute atomic E-state index is 0.120. The van der Waals surface area contributed by atoms with Gasteiger partial charge in [0.1, 0.15) is 6.10 Å². The zero-order chi connectivity index (χ0) is 14.5. The van der Waals surface area contributed by atoms with Crippen molar-refractivity contribution < 1.29 is 19.1 Å². The van der Waals surface area contributed by atoms with Crippen LogP contribution in [0.1, 0.15) is 58.8 Å². The lowest BCUT2D eigenvalue weighted by molar-refractivity contribution is -0.153. The first-order valence-corrected chi connectivity index (χ1v) is 8.17. The van der Waals surface area contributed by atoms with Crippen molar-refractivity contribution in [2.24, 2.45) is 0 Å². The summed E-state index contributed by atoms with van der Waals surface area (Å²) < 4.78 is 10.3. The summed E-state index contributed by atoms with van der Waals surface area (Å²) in [6.07, 6.45) is 5.12. The molecule has 0 radical (unpaired) electrons. The predicted octanol–water partition coefficient (Wildman–Crippen LogP) is 3.61. The van der Waals surface area contributed by atoms with Crippen LogP contribution in [0.5, 0.6) is 0 Å². The summed E-state index contributed by atoms with van der Waals surface area (Å²) in [5, 5.41) is 0.452. The Kier molecular flexibility index (Phi) is 12.1. The molecule has 0 aromatic rings. The van der Waals surface area contributed by atoms with Crippen LogP contribution in [-0.4, -0.2) is 30.0 Å². The first-order valence-electron chi connectivity index (χ1n) is 7.05. The number of hydrogen-bond donors (Lipinski definition) is 0. The first kappa shape index (κ1) is 18.4. The highest BCUT2D eigenvalue weighted by Crippen LogP contribution is 2.08. The molecule has 0 rings (SSSR count). The fourth-order valence-electron chi connectivity index (χ4n) is 1.54. The maximum Gasteiger partial charge on any atom is 0.309 e. The number of carbonyl (C=O) groups excluding carboxylic acids is 2. The summed E-state index contributed by atoms with van der Waals surface area (Å²) in [6, 6.07) is 0. The van der Waals surface area contributed by atoms with Gasteiger partial charge >= 0.3 is 11.9 Å². The highest BCUT2D eigenvalue weighted by molar-refractivity contribution is 9.09. The Balaban J connectivity index is 3.77. The number of halogens is 1. The second-order valence-electron chi connectivity index (χ2n) is 4.50. The summed E-state index contributed by atoms with van der Waals surface area (Å²) in [4.78, 5) is 22.9. The molecular formula is C14H25BrO4. The van der Waals surface area contributed by atoms with Gasteiger partial charge in [0.15, 0.2) is 0 Å². The molecule has 19 heavy (non-hydrogen) atoms. The molecule has 112 valence electrons. The molecule has 1 atom stereocenters. The standard InChI is InChI=1S/C14H25BrO4/c1-3-5-6-7-9-18-14(17)10-12(11-15)19-13(16)8-4-2/h12H,3-11H2,1-2H3. The molecule has 0 fully saturated rings. The Hall–Kier alpha value is -0.580. The monoisotopic (exact) mass is 336 g/mol. The lowest BCUT2D eigenvalue weighted by atomic mass is 10.2. The van der Waals surface area contributed by atoms with Crippen LogP contribution >= 0.6 is 15.9 Å². The van der Waals surface area contributed by atoms with E-state index in [0.29, 0.717) is 18.4 Å². The maximum absolute atomic E-state index is 11.6. The molecule has 0 aliphatic heterocycles. The molecule has 0 aliphatic rings. The van der Waals surface area contributed by atoms with Gasteiger partial charge in [-0.1, -0.05) is 49.0 Å². The molecule has 0 spiro atoms. The highest BCUT2D eigenvalue weighted by atomic mass is 79.9. The van der Waals surface area contributed by atoms with Gasteiger partial charge < -0.3 is 9.47 Å². The minimum atomic E-state index is -0.429. The van der Waals surface area contributed by atoms with E-state index in [1.807, 2.05) is 6.92 Å². The Morgan fingerprint density at radius 3 is 2.37 bits per heavy atom. The molecule has 5 heteroatoms. The van der Waals surface area contributed by atoms with Crippen molar-refractivity contribution in [3.8, 4) is 0 Å². The fourth-order valence-corrected chi connectivity index (χ4v) is 1.90. The number of esters is 2. The van der Waals surface area contributed by atoms with Gasteiger partial charge in [-0.15, -0.1) is 0 Å². The quantitative estimate of drug-likeness (QED) is 0.328. The number of unbranched alkanes of at least 4 members (excludes halogenated alkanes) is 3. The molecule has 0 heterocycles. The summed E-state index contributed by atoms with van der Waals surface area (Å²) in [5.74, 6) is -0.562. The average molecular weight is 337 g/mol. The van der Waals surface area contributed by atoms with Crippen molar-refractivity contribution in [2.45, 2.75) is 64.9 Å². The van der Waals surface area contributed by atoms with Gasteiger partial charge in [-0.2, -0.15) is 0 Å². The molecule has 0 aliphatic carbocycles. The van der Waals surface area contributed by atoms with E-state index in [1.165, 1.54) is 0 Å². The number of hydrogen-bond acceptors (Lipinski definition) is 4. The molecule has 0 saturated carbocycles. The third-order valence-corrected chi connectivity index (χ3v) is 3.30. The summed E-state index contributed by atoms with van der Waals surface area (Å²) in [5.41, 5.74) is 0. The van der Waals surface area contributed by atoms with Gasteiger partial charge in [0, 0.05) is 11.8 Å². The van der Waals surface area contributed by atoms with E-state index < -0.39 is 6.10 Å². The largest absolute Gasteiger partial charge is 0.466 e. The highest BCUT2D eigenvalue weighted by Gasteiger charge is 2.17. The third kappa shape index (κ3) is 11.0. The average Bonchev–Trinajstić information content (AvgIpc) is 2.38. The fraction of sp³-hybridized carbons (Fsp3) is 0.857. The minimum Gasteiger partial charge on any atom is -0.466 e. The summed E-state index contributed by atoms with van der Waals surface area (Å²) in [7, 11) is 0. The number of rotatable bonds is 11. The second kappa shape index (κ2) is 12.5. The van der Waals surface area contributed by atoms with Gasteiger partial charge in [0.25, 0.3) is 0 Å². The molecule has 0 amide bonds. The van der Waals surface area contributed by atoms with E-state index in [1.54, 1.807) is 0 Å². The molecule has 1 unspecified atom stereocenters. The van der Waals surface area contributed by atoms with Gasteiger partial charge in [-0.3, -0.25) is 9.59 Å². The SMILES string of the molecule is CCCCCCOC(=O)CC(CBr)OC(=O)CCC. The van der Waals surface area contributed by atoms with Crippen molar-refractivity contribution in [1.29, 1.82) is 0 Å². The third-order valence-electron chi connectivity index (χ3n) is 2.58. The van der Waals surface area contributed by atoms with Crippen LogP contribution in [0.4, 0.5) is 0 Å². The van der Waals surface area contributed by atoms with Crippen LogP contribution in [-0.2, 0) is 19.1 Å². The topological polar surface area (TPSA) is 52.6 Å². The normalized spacial score (nSPS) is 11.9. The second-order valence-corrected chi connectivity index (χ2v) is 5.15. The molecule has 4 nitrogen and oxygen atoms in total. The van der Waals surface area contributed by atoms with E-state index in [4.69, 9.17) is 9.47 Å². The predicted molar refractivity (Wildman–Crippen MR) is 78.3 cm³/mol. The van der Waals surface area contributed by atoms with Crippen LogP contribution in [0.3, 0.4) is 0 Å². The van der Waals surface area contributed by atoms with E-state index in [-0.39, 0.29) is 18.4 Å². The Morgan fingerprint density at radius 1 is 1.05 bits per heavy atom. The Morgan fingerprint density at radius 2 is 1.79 bits per heavy atom. The molecule has 0 aromatic carbocycles. The van der Waals surface area contributed by atoms with E-state index >= 15 is 0 Å².